The molecule has 0 aromatic heterocycles. The van der Waals surface area contributed by atoms with Crippen LogP contribution in [0.4, 0.5) is 0 Å². The van der Waals surface area contributed by atoms with E-state index in [1.54, 1.807) is 7.11 Å². The summed E-state index contributed by atoms with van der Waals surface area (Å²) in [6.07, 6.45) is 4.04. The summed E-state index contributed by atoms with van der Waals surface area (Å²) in [5.74, 6) is 0.950. The summed E-state index contributed by atoms with van der Waals surface area (Å²) in [7, 11) is 1.68. The molecule has 0 amide bonds. The molecule has 1 heteroatoms. The summed E-state index contributed by atoms with van der Waals surface area (Å²) < 4.78 is 4.94. The molecule has 0 saturated carbocycles. The highest BCUT2D eigenvalue weighted by molar-refractivity contribution is 5.16. The number of allylic oxidation sites excluding steroid dienone is 4. The first kappa shape index (κ1) is 8.28. The molecule has 0 aliphatic rings. The van der Waals surface area contributed by atoms with Crippen LogP contribution in [0.1, 0.15) is 20.8 Å². The first-order valence-corrected chi connectivity index (χ1v) is 3.06. The summed E-state index contributed by atoms with van der Waals surface area (Å²) in [5, 5.41) is 0. The zero-order valence-corrected chi connectivity index (χ0v) is 6.56. The van der Waals surface area contributed by atoms with Gasteiger partial charge in [0.05, 0.1) is 12.9 Å². The maximum absolute atomic E-state index is 4.94. The fourth-order valence-electron chi connectivity index (χ4n) is 0.463. The molecule has 0 radical (unpaired) electrons. The van der Waals surface area contributed by atoms with Crippen molar-refractivity contribution in [2.45, 2.75) is 20.8 Å². The molecule has 0 heterocycles. The van der Waals surface area contributed by atoms with E-state index in [4.69, 9.17) is 4.74 Å². The molecule has 1 nitrogen and oxygen atoms in total. The lowest BCUT2D eigenvalue weighted by Gasteiger charge is -1.96. The molecule has 52 valence electrons. The second-order valence-electron chi connectivity index (χ2n) is 1.99. The minimum atomic E-state index is 0.950. The van der Waals surface area contributed by atoms with Gasteiger partial charge in [0, 0.05) is 0 Å². The Morgan fingerprint density at radius 2 is 1.89 bits per heavy atom. The van der Waals surface area contributed by atoms with E-state index in [2.05, 4.69) is 0 Å². The SMILES string of the molecule is C/C=C(C)/C=C(\C)OC. The van der Waals surface area contributed by atoms with Gasteiger partial charge in [0.15, 0.2) is 0 Å². The number of methoxy groups -OCH3 is 1. The molecule has 0 spiro atoms. The molecule has 9 heavy (non-hydrogen) atoms. The van der Waals surface area contributed by atoms with Gasteiger partial charge in [-0.1, -0.05) is 11.6 Å². The average molecular weight is 126 g/mol. The van der Waals surface area contributed by atoms with Gasteiger partial charge in [-0.2, -0.15) is 0 Å². The van der Waals surface area contributed by atoms with E-state index in [1.165, 1.54) is 5.57 Å². The van der Waals surface area contributed by atoms with Gasteiger partial charge in [0.25, 0.3) is 0 Å². The standard InChI is InChI=1S/C8H14O/c1-5-7(2)6-8(3)9-4/h5-6H,1-4H3/b7-5+,8-6+. The summed E-state index contributed by atoms with van der Waals surface area (Å²) in [5.41, 5.74) is 1.23. The van der Waals surface area contributed by atoms with Gasteiger partial charge in [-0.15, -0.1) is 0 Å². The fourth-order valence-corrected chi connectivity index (χ4v) is 0.463. The van der Waals surface area contributed by atoms with E-state index in [-0.39, 0.29) is 0 Å². The first-order valence-electron chi connectivity index (χ1n) is 3.06. The Kier molecular flexibility index (Phi) is 3.85. The molecule has 0 fully saturated rings. The quantitative estimate of drug-likeness (QED) is 0.408. The van der Waals surface area contributed by atoms with Gasteiger partial charge < -0.3 is 4.74 Å². The van der Waals surface area contributed by atoms with Gasteiger partial charge in [0.2, 0.25) is 0 Å². The van der Waals surface area contributed by atoms with E-state index >= 15 is 0 Å². The van der Waals surface area contributed by atoms with Crippen molar-refractivity contribution in [3.63, 3.8) is 0 Å². The van der Waals surface area contributed by atoms with Crippen LogP contribution in [0, 0.1) is 0 Å². The lowest BCUT2D eigenvalue weighted by molar-refractivity contribution is 0.293. The van der Waals surface area contributed by atoms with Crippen LogP contribution in [-0.4, -0.2) is 7.11 Å². The molecule has 0 saturated heterocycles. The zero-order chi connectivity index (χ0) is 7.28. The van der Waals surface area contributed by atoms with Crippen LogP contribution < -0.4 is 0 Å². The predicted molar refractivity (Wildman–Crippen MR) is 40.2 cm³/mol. The highest BCUT2D eigenvalue weighted by Gasteiger charge is 1.83. The molecule has 0 N–H and O–H groups in total. The summed E-state index contributed by atoms with van der Waals surface area (Å²) in [4.78, 5) is 0. The van der Waals surface area contributed by atoms with Crippen LogP contribution in [0.3, 0.4) is 0 Å². The van der Waals surface area contributed by atoms with E-state index in [1.807, 2.05) is 32.9 Å². The lowest BCUT2D eigenvalue weighted by Crippen LogP contribution is -1.78. The molecular weight excluding hydrogens is 112 g/mol. The molecule has 0 bridgehead atoms. The third-order valence-corrected chi connectivity index (χ3v) is 1.21. The van der Waals surface area contributed by atoms with Crippen LogP contribution >= 0.6 is 0 Å². The Balaban J connectivity index is 3.95. The summed E-state index contributed by atoms with van der Waals surface area (Å²) in [6.45, 7) is 5.99. The van der Waals surface area contributed by atoms with E-state index in [9.17, 15) is 0 Å². The lowest BCUT2D eigenvalue weighted by atomic mass is 10.2. The maximum atomic E-state index is 4.94. The van der Waals surface area contributed by atoms with Crippen LogP contribution in [-0.2, 0) is 4.74 Å². The summed E-state index contributed by atoms with van der Waals surface area (Å²) in [6, 6.07) is 0. The van der Waals surface area contributed by atoms with Crippen molar-refractivity contribution < 1.29 is 4.74 Å². The van der Waals surface area contributed by atoms with E-state index in [0.29, 0.717) is 0 Å². The van der Waals surface area contributed by atoms with Gasteiger partial charge >= 0.3 is 0 Å². The summed E-state index contributed by atoms with van der Waals surface area (Å²) >= 11 is 0. The maximum Gasteiger partial charge on any atom is 0.0927 e. The monoisotopic (exact) mass is 126 g/mol. The Labute approximate surface area is 57.0 Å². The van der Waals surface area contributed by atoms with E-state index in [0.717, 1.165) is 5.76 Å². The molecule has 0 aliphatic heterocycles. The normalized spacial score (nSPS) is 13.8. The van der Waals surface area contributed by atoms with Crippen LogP contribution in [0.25, 0.3) is 0 Å². The third-order valence-electron chi connectivity index (χ3n) is 1.21. The molecular formula is C8H14O. The first-order chi connectivity index (χ1) is 4.20. The van der Waals surface area contributed by atoms with Crippen molar-refractivity contribution >= 4 is 0 Å². The van der Waals surface area contributed by atoms with Crippen LogP contribution in [0.15, 0.2) is 23.5 Å². The average Bonchev–Trinajstić information content (AvgIpc) is 1.87. The number of rotatable bonds is 2. The van der Waals surface area contributed by atoms with Crippen molar-refractivity contribution in [3.8, 4) is 0 Å². The number of ether oxygens (including phenoxy) is 1. The van der Waals surface area contributed by atoms with Crippen molar-refractivity contribution in [1.29, 1.82) is 0 Å². The van der Waals surface area contributed by atoms with Gasteiger partial charge in [-0.05, 0) is 26.8 Å². The largest absolute Gasteiger partial charge is 0.501 e. The second kappa shape index (κ2) is 4.19. The highest BCUT2D eigenvalue weighted by Crippen LogP contribution is 2.00. The van der Waals surface area contributed by atoms with Crippen molar-refractivity contribution in [2.24, 2.45) is 0 Å². The van der Waals surface area contributed by atoms with Crippen LogP contribution in [0.2, 0.25) is 0 Å². The van der Waals surface area contributed by atoms with Crippen molar-refractivity contribution in [3.05, 3.63) is 23.5 Å². The Hall–Kier alpha value is -0.720. The highest BCUT2D eigenvalue weighted by atomic mass is 16.5. The van der Waals surface area contributed by atoms with E-state index < -0.39 is 0 Å². The molecule has 0 unspecified atom stereocenters. The third kappa shape index (κ3) is 3.83. The van der Waals surface area contributed by atoms with Gasteiger partial charge in [-0.25, -0.2) is 0 Å². The Morgan fingerprint density at radius 3 is 2.22 bits per heavy atom. The number of hydrogen-bond acceptors (Lipinski definition) is 1. The minimum absolute atomic E-state index is 0.950. The topological polar surface area (TPSA) is 9.23 Å². The molecule has 0 aromatic carbocycles. The number of hydrogen-bond donors (Lipinski definition) is 0. The van der Waals surface area contributed by atoms with Crippen molar-refractivity contribution in [1.82, 2.24) is 0 Å². The van der Waals surface area contributed by atoms with Crippen molar-refractivity contribution in [2.75, 3.05) is 7.11 Å². The van der Waals surface area contributed by atoms with Gasteiger partial charge in [0.1, 0.15) is 0 Å². The van der Waals surface area contributed by atoms with Crippen LogP contribution in [0.5, 0.6) is 0 Å². The fraction of sp³-hybridized carbons (Fsp3) is 0.500. The minimum Gasteiger partial charge on any atom is -0.501 e. The Bertz CT molecular complexity index is 132. The molecule has 0 aliphatic carbocycles. The Morgan fingerprint density at radius 1 is 1.33 bits per heavy atom. The molecule has 0 rings (SSSR count). The predicted octanol–water partition coefficient (Wildman–Crippen LogP) is 2.50. The second-order valence-corrected chi connectivity index (χ2v) is 1.99. The molecule has 0 atom stereocenters. The zero-order valence-electron chi connectivity index (χ0n) is 6.56. The smallest absolute Gasteiger partial charge is 0.0927 e. The molecule has 0 aromatic rings. The van der Waals surface area contributed by atoms with Gasteiger partial charge in [-0.3, -0.25) is 0 Å².